The second kappa shape index (κ2) is 8.49. The fourth-order valence-corrected chi connectivity index (χ4v) is 4.68. The molecule has 0 aliphatic carbocycles. The Kier molecular flexibility index (Phi) is 5.86. The summed E-state index contributed by atoms with van der Waals surface area (Å²) in [6.07, 6.45) is 4.28. The van der Waals surface area contributed by atoms with Crippen molar-refractivity contribution in [2.75, 3.05) is 52.4 Å². The van der Waals surface area contributed by atoms with Gasteiger partial charge in [-0.15, -0.1) is 0 Å². The lowest BCUT2D eigenvalue weighted by molar-refractivity contribution is 0.0456. The van der Waals surface area contributed by atoms with Gasteiger partial charge in [-0.05, 0) is 50.0 Å². The van der Waals surface area contributed by atoms with Crippen molar-refractivity contribution in [1.29, 1.82) is 5.26 Å². The molecule has 0 radical (unpaired) electrons. The largest absolute Gasteiger partial charge is 0.375 e. The van der Waals surface area contributed by atoms with Gasteiger partial charge in [-0.2, -0.15) is 5.26 Å². The Hall–Kier alpha value is -1.45. The summed E-state index contributed by atoms with van der Waals surface area (Å²) in [5.41, 5.74) is 2.00. The first kappa shape index (κ1) is 17.9. The Morgan fingerprint density at radius 2 is 1.96 bits per heavy atom. The average molecular weight is 354 g/mol. The SMILES string of the molecule is N#Cc1cccc(CN2CCN3C[C@H](OCCN4CCCC4)C[C@H]3C2)c1. The van der Waals surface area contributed by atoms with Crippen molar-refractivity contribution in [2.45, 2.75) is 38.0 Å². The average Bonchev–Trinajstić information content (AvgIpc) is 3.31. The van der Waals surface area contributed by atoms with E-state index in [-0.39, 0.29) is 0 Å². The zero-order valence-corrected chi connectivity index (χ0v) is 15.6. The fourth-order valence-electron chi connectivity index (χ4n) is 4.68. The second-order valence-corrected chi connectivity index (χ2v) is 7.97. The summed E-state index contributed by atoms with van der Waals surface area (Å²) < 4.78 is 6.20. The summed E-state index contributed by atoms with van der Waals surface area (Å²) in [5.74, 6) is 0. The van der Waals surface area contributed by atoms with Crippen LogP contribution in [-0.2, 0) is 11.3 Å². The molecule has 3 fully saturated rings. The Morgan fingerprint density at radius 3 is 2.81 bits per heavy atom. The van der Waals surface area contributed by atoms with Crippen LogP contribution in [-0.4, -0.2) is 79.3 Å². The van der Waals surface area contributed by atoms with Crippen LogP contribution >= 0.6 is 0 Å². The van der Waals surface area contributed by atoms with Gasteiger partial charge in [0.25, 0.3) is 0 Å². The van der Waals surface area contributed by atoms with Crippen molar-refractivity contribution in [2.24, 2.45) is 0 Å². The molecule has 3 aliphatic heterocycles. The van der Waals surface area contributed by atoms with E-state index in [0.717, 1.165) is 57.9 Å². The molecule has 4 rings (SSSR count). The molecule has 0 aromatic heterocycles. The van der Waals surface area contributed by atoms with Gasteiger partial charge in [0.05, 0.1) is 24.3 Å². The highest BCUT2D eigenvalue weighted by Gasteiger charge is 2.36. The highest BCUT2D eigenvalue weighted by atomic mass is 16.5. The molecular formula is C21H30N4O. The van der Waals surface area contributed by atoms with E-state index in [1.165, 1.54) is 31.5 Å². The first-order valence-electron chi connectivity index (χ1n) is 10.1. The molecule has 5 heteroatoms. The van der Waals surface area contributed by atoms with Gasteiger partial charge in [0.1, 0.15) is 0 Å². The van der Waals surface area contributed by atoms with Crippen molar-refractivity contribution in [3.05, 3.63) is 35.4 Å². The number of nitrogens with zero attached hydrogens (tertiary/aromatic N) is 4. The maximum Gasteiger partial charge on any atom is 0.0991 e. The number of piperazine rings is 1. The minimum atomic E-state index is 0.407. The van der Waals surface area contributed by atoms with Gasteiger partial charge in [-0.3, -0.25) is 9.80 Å². The predicted molar refractivity (Wildman–Crippen MR) is 102 cm³/mol. The van der Waals surface area contributed by atoms with Crippen LogP contribution in [0.25, 0.3) is 0 Å². The molecule has 140 valence electrons. The summed E-state index contributed by atoms with van der Waals surface area (Å²) in [7, 11) is 0. The van der Waals surface area contributed by atoms with E-state index >= 15 is 0 Å². The monoisotopic (exact) mass is 354 g/mol. The standard InChI is InChI=1S/C21H30N4O/c22-14-18-4-3-5-19(12-18)15-24-8-9-25-17-21(13-20(25)16-24)26-11-10-23-6-1-2-7-23/h3-5,12,20-21H,1-2,6-11,13,15-17H2/t20-,21+/m0/s1. The van der Waals surface area contributed by atoms with E-state index in [9.17, 15) is 0 Å². The number of rotatable bonds is 6. The lowest BCUT2D eigenvalue weighted by atomic mass is 10.1. The lowest BCUT2D eigenvalue weighted by Crippen LogP contribution is -2.49. The number of hydrogen-bond donors (Lipinski definition) is 0. The van der Waals surface area contributed by atoms with E-state index in [0.29, 0.717) is 12.1 Å². The number of benzene rings is 1. The van der Waals surface area contributed by atoms with Gasteiger partial charge >= 0.3 is 0 Å². The van der Waals surface area contributed by atoms with Crippen molar-refractivity contribution >= 4 is 0 Å². The molecule has 5 nitrogen and oxygen atoms in total. The zero-order chi connectivity index (χ0) is 17.8. The Bertz CT molecular complexity index is 637. The van der Waals surface area contributed by atoms with Crippen LogP contribution < -0.4 is 0 Å². The van der Waals surface area contributed by atoms with Crippen LogP contribution in [0.3, 0.4) is 0 Å². The van der Waals surface area contributed by atoms with Crippen molar-refractivity contribution < 1.29 is 4.74 Å². The third-order valence-electron chi connectivity index (χ3n) is 6.08. The van der Waals surface area contributed by atoms with E-state index in [1.54, 1.807) is 0 Å². The van der Waals surface area contributed by atoms with Crippen LogP contribution in [0.15, 0.2) is 24.3 Å². The molecule has 0 bridgehead atoms. The van der Waals surface area contributed by atoms with Crippen LogP contribution in [0.4, 0.5) is 0 Å². The molecule has 1 aromatic carbocycles. The van der Waals surface area contributed by atoms with Crippen LogP contribution in [0.1, 0.15) is 30.4 Å². The van der Waals surface area contributed by atoms with Crippen molar-refractivity contribution in [3.8, 4) is 6.07 Å². The molecule has 2 atom stereocenters. The van der Waals surface area contributed by atoms with Gasteiger partial charge in [-0.25, -0.2) is 0 Å². The van der Waals surface area contributed by atoms with Crippen LogP contribution in [0, 0.1) is 11.3 Å². The normalized spacial score (nSPS) is 27.5. The molecule has 3 saturated heterocycles. The smallest absolute Gasteiger partial charge is 0.0991 e. The highest BCUT2D eigenvalue weighted by molar-refractivity contribution is 5.32. The number of likely N-dealkylation sites (tertiary alicyclic amines) is 1. The Morgan fingerprint density at radius 1 is 1.08 bits per heavy atom. The second-order valence-electron chi connectivity index (χ2n) is 7.97. The quantitative estimate of drug-likeness (QED) is 0.781. The van der Waals surface area contributed by atoms with E-state index < -0.39 is 0 Å². The zero-order valence-electron chi connectivity index (χ0n) is 15.6. The third-order valence-corrected chi connectivity index (χ3v) is 6.08. The molecule has 0 amide bonds. The molecule has 3 heterocycles. The summed E-state index contributed by atoms with van der Waals surface area (Å²) in [5, 5.41) is 9.07. The topological polar surface area (TPSA) is 42.7 Å². The minimum Gasteiger partial charge on any atom is -0.375 e. The van der Waals surface area contributed by atoms with Gasteiger partial charge in [0.2, 0.25) is 0 Å². The Balaban J connectivity index is 1.23. The van der Waals surface area contributed by atoms with E-state index in [2.05, 4.69) is 26.8 Å². The first-order chi connectivity index (χ1) is 12.8. The van der Waals surface area contributed by atoms with Gasteiger partial charge in [-0.1, -0.05) is 12.1 Å². The molecule has 26 heavy (non-hydrogen) atoms. The first-order valence-corrected chi connectivity index (χ1v) is 10.1. The van der Waals surface area contributed by atoms with Gasteiger partial charge in [0.15, 0.2) is 0 Å². The molecule has 3 aliphatic rings. The summed E-state index contributed by atoms with van der Waals surface area (Å²) in [6, 6.07) is 10.9. The maximum atomic E-state index is 9.07. The molecular weight excluding hydrogens is 324 g/mol. The number of nitriles is 1. The minimum absolute atomic E-state index is 0.407. The highest BCUT2D eigenvalue weighted by Crippen LogP contribution is 2.25. The number of fused-ring (bicyclic) bond motifs is 1. The fraction of sp³-hybridized carbons (Fsp3) is 0.667. The summed E-state index contributed by atoms with van der Waals surface area (Å²) in [4.78, 5) is 7.67. The van der Waals surface area contributed by atoms with Crippen molar-refractivity contribution in [3.63, 3.8) is 0 Å². The van der Waals surface area contributed by atoms with E-state index in [4.69, 9.17) is 10.00 Å². The summed E-state index contributed by atoms with van der Waals surface area (Å²) in [6.45, 7) is 9.89. The predicted octanol–water partition coefficient (Wildman–Crippen LogP) is 1.93. The van der Waals surface area contributed by atoms with Gasteiger partial charge in [0, 0.05) is 45.3 Å². The maximum absolute atomic E-state index is 9.07. The third kappa shape index (κ3) is 4.44. The number of hydrogen-bond acceptors (Lipinski definition) is 5. The molecule has 0 saturated carbocycles. The van der Waals surface area contributed by atoms with Crippen LogP contribution in [0.5, 0.6) is 0 Å². The van der Waals surface area contributed by atoms with E-state index in [1.807, 2.05) is 18.2 Å². The molecule has 0 unspecified atom stereocenters. The number of ether oxygens (including phenoxy) is 1. The van der Waals surface area contributed by atoms with Crippen LogP contribution in [0.2, 0.25) is 0 Å². The molecule has 1 aromatic rings. The lowest BCUT2D eigenvalue weighted by Gasteiger charge is -2.37. The molecule has 0 N–H and O–H groups in total. The Labute approximate surface area is 157 Å². The van der Waals surface area contributed by atoms with Crippen molar-refractivity contribution in [1.82, 2.24) is 14.7 Å². The van der Waals surface area contributed by atoms with Gasteiger partial charge < -0.3 is 9.64 Å². The summed E-state index contributed by atoms with van der Waals surface area (Å²) >= 11 is 0. The molecule has 0 spiro atoms.